The average molecular weight is 387 g/mol. The van der Waals surface area contributed by atoms with Crippen molar-refractivity contribution < 1.29 is 16.8 Å². The Labute approximate surface area is 150 Å². The Morgan fingerprint density at radius 3 is 2.12 bits per heavy atom. The number of benzene rings is 1. The fraction of sp³-hybridized carbons (Fsp3) is 0.529. The summed E-state index contributed by atoms with van der Waals surface area (Å²) < 4.78 is 51.6. The van der Waals surface area contributed by atoms with Crippen LogP contribution in [0.3, 0.4) is 0 Å². The number of hydrogen-bond acceptors (Lipinski definition) is 5. The molecule has 1 saturated heterocycles. The number of nitrogens with one attached hydrogen (secondary N) is 2. The van der Waals surface area contributed by atoms with Gasteiger partial charge in [0.1, 0.15) is 0 Å². The summed E-state index contributed by atoms with van der Waals surface area (Å²) in [6.45, 7) is 5.71. The third kappa shape index (κ3) is 5.37. The molecule has 0 radical (unpaired) electrons. The second kappa shape index (κ2) is 7.99. The van der Waals surface area contributed by atoms with Gasteiger partial charge in [-0.15, -0.1) is 0 Å². The molecule has 8 heteroatoms. The molecule has 1 heterocycles. The maximum atomic E-state index is 12.3. The highest BCUT2D eigenvalue weighted by molar-refractivity contribution is 8.00. The van der Waals surface area contributed by atoms with E-state index in [-0.39, 0.29) is 10.8 Å². The number of rotatable bonds is 6. The molecule has 1 aromatic carbocycles. The van der Waals surface area contributed by atoms with Gasteiger partial charge in [-0.05, 0) is 55.1 Å². The molecule has 1 aliphatic heterocycles. The van der Waals surface area contributed by atoms with Crippen LogP contribution in [0.4, 0.5) is 0 Å². The molecule has 1 aromatic rings. The van der Waals surface area contributed by atoms with Crippen molar-refractivity contribution in [3.05, 3.63) is 35.4 Å². The molecule has 0 aromatic heterocycles. The lowest BCUT2D eigenvalue weighted by Crippen LogP contribution is -2.27. The molecular weight excluding hydrogens is 360 g/mol. The summed E-state index contributed by atoms with van der Waals surface area (Å²) in [5.41, 5.74) is 1.44. The first-order valence-corrected chi connectivity index (χ1v) is 11.7. The Bertz CT molecular complexity index is 831. The van der Waals surface area contributed by atoms with Gasteiger partial charge in [0.05, 0.1) is 9.80 Å². The predicted molar refractivity (Wildman–Crippen MR) is 100 cm³/mol. The van der Waals surface area contributed by atoms with E-state index in [0.29, 0.717) is 29.9 Å². The van der Waals surface area contributed by atoms with E-state index in [4.69, 9.17) is 0 Å². The highest BCUT2D eigenvalue weighted by atomic mass is 32.2. The van der Waals surface area contributed by atoms with E-state index < -0.39 is 19.9 Å². The predicted octanol–water partition coefficient (Wildman–Crippen LogP) is 1.76. The molecule has 2 N–H and O–H groups in total. The van der Waals surface area contributed by atoms with Gasteiger partial charge in [0.2, 0.25) is 10.0 Å². The van der Waals surface area contributed by atoms with E-state index in [1.807, 2.05) is 13.8 Å². The van der Waals surface area contributed by atoms with E-state index in [2.05, 4.69) is 10.0 Å². The smallest absolute Gasteiger partial charge is 0.240 e. The summed E-state index contributed by atoms with van der Waals surface area (Å²) in [6, 6.07) is 6.08. The molecule has 0 amide bonds. The topological polar surface area (TPSA) is 92.3 Å². The van der Waals surface area contributed by atoms with Crippen molar-refractivity contribution in [1.29, 1.82) is 0 Å². The fourth-order valence-corrected chi connectivity index (χ4v) is 5.29. The standard InChI is InChI=1S/C17H26N2O4S2/c1-13(2)12-19-25(22,23)16-6-4-14(5-7-16)17(24(3,20)21)15-8-10-18-11-9-15/h4-7,13,18-19H,8-12H2,1-3H3. The van der Waals surface area contributed by atoms with Gasteiger partial charge in [-0.25, -0.2) is 21.6 Å². The van der Waals surface area contributed by atoms with Gasteiger partial charge < -0.3 is 5.32 Å². The van der Waals surface area contributed by atoms with Crippen molar-refractivity contribution >= 4 is 24.8 Å². The van der Waals surface area contributed by atoms with Crippen LogP contribution in [0.2, 0.25) is 0 Å². The molecule has 0 atom stereocenters. The lowest BCUT2D eigenvalue weighted by molar-refractivity contribution is 0.560. The summed E-state index contributed by atoms with van der Waals surface area (Å²) in [4.78, 5) is 0.466. The molecule has 6 nitrogen and oxygen atoms in total. The van der Waals surface area contributed by atoms with Crippen LogP contribution in [0, 0.1) is 5.92 Å². The summed E-state index contributed by atoms with van der Waals surface area (Å²) in [6.07, 6.45) is 2.56. The second-order valence-electron chi connectivity index (χ2n) is 6.72. The van der Waals surface area contributed by atoms with Crippen molar-refractivity contribution in [2.24, 2.45) is 5.92 Å². The number of sulfone groups is 1. The Balaban J connectivity index is 2.37. The second-order valence-corrected chi connectivity index (χ2v) is 10.4. The lowest BCUT2D eigenvalue weighted by Gasteiger charge is -2.20. The molecule has 0 saturated carbocycles. The van der Waals surface area contributed by atoms with Crippen molar-refractivity contribution in [3.8, 4) is 0 Å². The lowest BCUT2D eigenvalue weighted by atomic mass is 10.0. The SMILES string of the molecule is CC(C)CNS(=O)(=O)c1ccc(C(=C2CCNCC2)S(C)(=O)=O)cc1. The van der Waals surface area contributed by atoms with Crippen LogP contribution in [-0.2, 0) is 19.9 Å². The van der Waals surface area contributed by atoms with Crippen LogP contribution >= 0.6 is 0 Å². The summed E-state index contributed by atoms with van der Waals surface area (Å²) >= 11 is 0. The van der Waals surface area contributed by atoms with Crippen LogP contribution in [-0.4, -0.2) is 42.7 Å². The van der Waals surface area contributed by atoms with Gasteiger partial charge in [-0.1, -0.05) is 26.0 Å². The Hall–Kier alpha value is -1.22. The van der Waals surface area contributed by atoms with Gasteiger partial charge in [-0.3, -0.25) is 0 Å². The van der Waals surface area contributed by atoms with Crippen molar-refractivity contribution in [3.63, 3.8) is 0 Å². The normalized spacial score (nSPS) is 16.2. The highest BCUT2D eigenvalue weighted by Crippen LogP contribution is 2.29. The minimum Gasteiger partial charge on any atom is -0.316 e. The summed E-state index contributed by atoms with van der Waals surface area (Å²) in [7, 11) is -6.98. The zero-order valence-corrected chi connectivity index (χ0v) is 16.5. The van der Waals surface area contributed by atoms with Crippen LogP contribution in [0.1, 0.15) is 32.3 Å². The minimum absolute atomic E-state index is 0.139. The quantitative estimate of drug-likeness (QED) is 0.777. The maximum Gasteiger partial charge on any atom is 0.240 e. The number of hydrogen-bond donors (Lipinski definition) is 2. The molecule has 0 bridgehead atoms. The zero-order valence-electron chi connectivity index (χ0n) is 14.9. The largest absolute Gasteiger partial charge is 0.316 e. The summed E-state index contributed by atoms with van der Waals surface area (Å²) in [5.74, 6) is 0.204. The van der Waals surface area contributed by atoms with Crippen molar-refractivity contribution in [1.82, 2.24) is 10.0 Å². The Kier molecular flexibility index (Phi) is 6.42. The molecular formula is C17H26N2O4S2. The van der Waals surface area contributed by atoms with Gasteiger partial charge in [-0.2, -0.15) is 0 Å². The molecule has 25 heavy (non-hydrogen) atoms. The first-order valence-electron chi connectivity index (χ1n) is 8.34. The van der Waals surface area contributed by atoms with Gasteiger partial charge in [0.25, 0.3) is 0 Å². The third-order valence-electron chi connectivity index (χ3n) is 4.01. The van der Waals surface area contributed by atoms with E-state index in [1.165, 1.54) is 18.4 Å². The van der Waals surface area contributed by atoms with E-state index >= 15 is 0 Å². The molecule has 0 aliphatic carbocycles. The van der Waals surface area contributed by atoms with E-state index in [1.54, 1.807) is 12.1 Å². The zero-order chi connectivity index (χ0) is 18.7. The minimum atomic E-state index is -3.58. The van der Waals surface area contributed by atoms with Gasteiger partial charge in [0, 0.05) is 12.8 Å². The number of piperidine rings is 1. The number of sulfonamides is 1. The molecule has 1 fully saturated rings. The van der Waals surface area contributed by atoms with Gasteiger partial charge in [0.15, 0.2) is 9.84 Å². The molecule has 1 aliphatic rings. The van der Waals surface area contributed by atoms with Gasteiger partial charge >= 0.3 is 0 Å². The van der Waals surface area contributed by atoms with E-state index in [9.17, 15) is 16.8 Å². The third-order valence-corrected chi connectivity index (χ3v) is 6.71. The van der Waals surface area contributed by atoms with Crippen LogP contribution in [0.25, 0.3) is 4.91 Å². The van der Waals surface area contributed by atoms with Crippen LogP contribution in [0.5, 0.6) is 0 Å². The first kappa shape index (κ1) is 20.1. The first-order chi connectivity index (χ1) is 11.6. The van der Waals surface area contributed by atoms with Crippen LogP contribution < -0.4 is 10.0 Å². The van der Waals surface area contributed by atoms with Crippen molar-refractivity contribution in [2.75, 3.05) is 25.9 Å². The fourth-order valence-electron chi connectivity index (χ4n) is 2.78. The van der Waals surface area contributed by atoms with E-state index in [0.717, 1.165) is 18.7 Å². The molecule has 140 valence electrons. The molecule has 0 unspecified atom stereocenters. The Morgan fingerprint density at radius 1 is 1.08 bits per heavy atom. The average Bonchev–Trinajstić information content (AvgIpc) is 2.53. The van der Waals surface area contributed by atoms with Crippen LogP contribution in [0.15, 0.2) is 34.7 Å². The monoisotopic (exact) mass is 386 g/mol. The Morgan fingerprint density at radius 2 is 1.64 bits per heavy atom. The summed E-state index contributed by atoms with van der Waals surface area (Å²) in [5, 5.41) is 3.21. The molecule has 0 spiro atoms. The highest BCUT2D eigenvalue weighted by Gasteiger charge is 2.22. The van der Waals surface area contributed by atoms with Crippen molar-refractivity contribution in [2.45, 2.75) is 31.6 Å². The molecule has 2 rings (SSSR count). The maximum absolute atomic E-state index is 12.3.